The van der Waals surface area contributed by atoms with E-state index in [4.69, 9.17) is 20.8 Å². The lowest BCUT2D eigenvalue weighted by Crippen LogP contribution is -2.39. The molecule has 0 aliphatic rings. The Morgan fingerprint density at radius 3 is 2.57 bits per heavy atom. The lowest BCUT2D eigenvalue weighted by Gasteiger charge is -2.25. The average molecular weight is 465 g/mol. The smallest absolute Gasteiger partial charge is 0.261 e. The summed E-state index contributed by atoms with van der Waals surface area (Å²) in [5.74, 6) is 1.11. The van der Waals surface area contributed by atoms with Gasteiger partial charge in [-0.1, -0.05) is 39.7 Å². The van der Waals surface area contributed by atoms with Crippen LogP contribution in [0.3, 0.4) is 0 Å². The Kier molecular flexibility index (Phi) is 6.70. The third-order valence-corrected chi connectivity index (χ3v) is 4.85. The summed E-state index contributed by atoms with van der Waals surface area (Å²) in [5.41, 5.74) is 0.656. The van der Waals surface area contributed by atoms with Crippen molar-refractivity contribution in [1.29, 1.82) is 0 Å². The molecule has 2 aromatic carbocycles. The molecule has 3 rings (SSSR count). The highest BCUT2D eigenvalue weighted by atomic mass is 79.9. The minimum Gasteiger partial charge on any atom is -0.484 e. The Morgan fingerprint density at radius 2 is 1.89 bits per heavy atom. The number of halogens is 2. The molecule has 1 heterocycles. The van der Waals surface area contributed by atoms with E-state index in [0.29, 0.717) is 28.1 Å². The second-order valence-electron chi connectivity index (χ2n) is 6.34. The van der Waals surface area contributed by atoms with Crippen molar-refractivity contribution < 1.29 is 13.9 Å². The van der Waals surface area contributed by atoms with Crippen LogP contribution in [0, 0.1) is 0 Å². The molecule has 0 aliphatic carbocycles. The van der Waals surface area contributed by atoms with Crippen molar-refractivity contribution in [3.8, 4) is 17.2 Å². The molecule has 0 atom stereocenters. The van der Waals surface area contributed by atoms with Gasteiger partial charge in [0.1, 0.15) is 5.75 Å². The predicted molar refractivity (Wildman–Crippen MR) is 110 cm³/mol. The van der Waals surface area contributed by atoms with Crippen LogP contribution in [0.15, 0.2) is 57.4 Å². The van der Waals surface area contributed by atoms with E-state index in [1.54, 1.807) is 29.2 Å². The number of ether oxygens (including phenoxy) is 1. The molecule has 146 valence electrons. The topological polar surface area (TPSA) is 68.5 Å². The van der Waals surface area contributed by atoms with Gasteiger partial charge in [-0.2, -0.15) is 0 Å². The maximum atomic E-state index is 12.6. The number of aromatic nitrogens is 2. The molecule has 0 aliphatic heterocycles. The highest BCUT2D eigenvalue weighted by Gasteiger charge is 2.21. The molecule has 0 saturated heterocycles. The molecule has 1 aromatic heterocycles. The number of nitrogens with zero attached hydrogens (tertiary/aromatic N) is 3. The summed E-state index contributed by atoms with van der Waals surface area (Å²) in [6, 6.07) is 14.5. The van der Waals surface area contributed by atoms with Crippen molar-refractivity contribution in [3.63, 3.8) is 0 Å². The van der Waals surface area contributed by atoms with Gasteiger partial charge >= 0.3 is 0 Å². The first-order chi connectivity index (χ1) is 13.4. The molecule has 0 spiro atoms. The molecule has 0 saturated carbocycles. The van der Waals surface area contributed by atoms with E-state index in [1.165, 1.54) is 0 Å². The summed E-state index contributed by atoms with van der Waals surface area (Å²) in [6.45, 7) is 3.95. The van der Waals surface area contributed by atoms with Crippen molar-refractivity contribution in [2.24, 2.45) is 0 Å². The van der Waals surface area contributed by atoms with Gasteiger partial charge in [-0.3, -0.25) is 4.79 Å². The number of hydrogen-bond acceptors (Lipinski definition) is 5. The summed E-state index contributed by atoms with van der Waals surface area (Å²) in [6.07, 6.45) is 0. The van der Waals surface area contributed by atoms with Gasteiger partial charge in [0.15, 0.2) is 6.61 Å². The van der Waals surface area contributed by atoms with Gasteiger partial charge in [-0.05, 0) is 50.2 Å². The number of rotatable bonds is 7. The van der Waals surface area contributed by atoms with E-state index in [-0.39, 0.29) is 25.1 Å². The summed E-state index contributed by atoms with van der Waals surface area (Å²) in [7, 11) is 0. The second-order valence-corrected chi connectivity index (χ2v) is 7.66. The minimum absolute atomic E-state index is 0.0586. The van der Waals surface area contributed by atoms with Crippen LogP contribution in [0.4, 0.5) is 0 Å². The molecule has 0 N–H and O–H groups in total. The number of carbonyl (C=O) groups is 1. The maximum Gasteiger partial charge on any atom is 0.261 e. The molecule has 8 heteroatoms. The van der Waals surface area contributed by atoms with Crippen molar-refractivity contribution in [2.45, 2.75) is 26.4 Å². The largest absolute Gasteiger partial charge is 0.484 e. The van der Waals surface area contributed by atoms with Gasteiger partial charge in [-0.25, -0.2) is 0 Å². The monoisotopic (exact) mass is 463 g/mol. The molecule has 0 radical (unpaired) electrons. The van der Waals surface area contributed by atoms with Crippen LogP contribution in [0.25, 0.3) is 11.5 Å². The van der Waals surface area contributed by atoms with Crippen LogP contribution in [0.2, 0.25) is 5.02 Å². The van der Waals surface area contributed by atoms with Gasteiger partial charge in [-0.15, -0.1) is 10.2 Å². The molecule has 3 aromatic rings. The SMILES string of the molecule is CC(C)N(Cc1nnc(-c2ccccc2Cl)o1)C(=O)COc1ccc(Br)cc1. The van der Waals surface area contributed by atoms with Crippen molar-refractivity contribution in [1.82, 2.24) is 15.1 Å². The third-order valence-electron chi connectivity index (χ3n) is 4.00. The second kappa shape index (κ2) is 9.21. The maximum absolute atomic E-state index is 12.6. The molecular formula is C20H19BrClN3O3. The fourth-order valence-corrected chi connectivity index (χ4v) is 3.01. The van der Waals surface area contributed by atoms with E-state index in [9.17, 15) is 4.79 Å². The van der Waals surface area contributed by atoms with Gasteiger partial charge in [0.25, 0.3) is 5.91 Å². The van der Waals surface area contributed by atoms with Crippen LogP contribution in [0.5, 0.6) is 5.75 Å². The Bertz CT molecular complexity index is 944. The molecule has 0 bridgehead atoms. The average Bonchev–Trinajstić information content (AvgIpc) is 3.14. The normalized spacial score (nSPS) is 10.9. The van der Waals surface area contributed by atoms with E-state index < -0.39 is 0 Å². The van der Waals surface area contributed by atoms with E-state index >= 15 is 0 Å². The van der Waals surface area contributed by atoms with Crippen LogP contribution in [-0.4, -0.2) is 33.7 Å². The number of amides is 1. The standard InChI is InChI=1S/C20H19BrClN3O3/c1-13(2)25(19(26)12-27-15-9-7-14(21)8-10-15)11-18-23-24-20(28-18)16-5-3-4-6-17(16)22/h3-10,13H,11-12H2,1-2H3. The highest BCUT2D eigenvalue weighted by molar-refractivity contribution is 9.10. The molecule has 0 fully saturated rings. The van der Waals surface area contributed by atoms with E-state index in [2.05, 4.69) is 26.1 Å². The molecule has 0 unspecified atom stereocenters. The van der Waals surface area contributed by atoms with Crippen molar-refractivity contribution in [3.05, 3.63) is 63.9 Å². The van der Waals surface area contributed by atoms with Crippen LogP contribution in [0.1, 0.15) is 19.7 Å². The zero-order chi connectivity index (χ0) is 20.1. The quantitative estimate of drug-likeness (QED) is 0.494. The molecular weight excluding hydrogens is 446 g/mol. The summed E-state index contributed by atoms with van der Waals surface area (Å²) >= 11 is 9.54. The number of benzene rings is 2. The van der Waals surface area contributed by atoms with Gasteiger partial charge in [0, 0.05) is 10.5 Å². The van der Waals surface area contributed by atoms with Crippen LogP contribution >= 0.6 is 27.5 Å². The molecule has 6 nitrogen and oxygen atoms in total. The minimum atomic E-state index is -0.171. The molecule has 1 amide bonds. The first-order valence-corrected chi connectivity index (χ1v) is 9.86. The zero-order valence-corrected chi connectivity index (χ0v) is 17.8. The Hall–Kier alpha value is -2.38. The van der Waals surface area contributed by atoms with Gasteiger partial charge in [0.05, 0.1) is 17.1 Å². The van der Waals surface area contributed by atoms with Gasteiger partial charge in [0.2, 0.25) is 11.8 Å². The highest BCUT2D eigenvalue weighted by Crippen LogP contribution is 2.26. The first-order valence-electron chi connectivity index (χ1n) is 8.69. The van der Waals surface area contributed by atoms with Gasteiger partial charge < -0.3 is 14.1 Å². The number of hydrogen-bond donors (Lipinski definition) is 0. The fraction of sp³-hybridized carbons (Fsp3) is 0.250. The lowest BCUT2D eigenvalue weighted by atomic mass is 10.2. The summed E-state index contributed by atoms with van der Waals surface area (Å²) in [5, 5.41) is 8.62. The summed E-state index contributed by atoms with van der Waals surface area (Å²) in [4.78, 5) is 14.3. The van der Waals surface area contributed by atoms with Crippen molar-refractivity contribution >= 4 is 33.4 Å². The Balaban J connectivity index is 1.67. The van der Waals surface area contributed by atoms with Crippen molar-refractivity contribution in [2.75, 3.05) is 6.61 Å². The zero-order valence-electron chi connectivity index (χ0n) is 15.4. The van der Waals surface area contributed by atoms with E-state index in [1.807, 2.05) is 38.1 Å². The van der Waals surface area contributed by atoms with Crippen LogP contribution in [-0.2, 0) is 11.3 Å². The number of carbonyl (C=O) groups excluding carboxylic acids is 1. The Morgan fingerprint density at radius 1 is 1.18 bits per heavy atom. The first kappa shape index (κ1) is 20.4. The Labute approximate surface area is 176 Å². The van der Waals surface area contributed by atoms with E-state index in [0.717, 1.165) is 4.47 Å². The van der Waals surface area contributed by atoms with Crippen LogP contribution < -0.4 is 4.74 Å². The third kappa shape index (κ3) is 5.11. The predicted octanol–water partition coefficient (Wildman–Crippen LogP) is 4.97. The fourth-order valence-electron chi connectivity index (χ4n) is 2.52. The summed E-state index contributed by atoms with van der Waals surface area (Å²) < 4.78 is 12.2. The lowest BCUT2D eigenvalue weighted by molar-refractivity contribution is -0.136. The molecule has 28 heavy (non-hydrogen) atoms.